The van der Waals surface area contributed by atoms with Crippen molar-refractivity contribution in [1.29, 1.82) is 5.41 Å². The highest BCUT2D eigenvalue weighted by molar-refractivity contribution is 7.90. The van der Waals surface area contributed by atoms with Gasteiger partial charge in [0.2, 0.25) is 0 Å². The number of rotatable bonds is 2. The van der Waals surface area contributed by atoms with Crippen LogP contribution in [-0.2, 0) is 21.7 Å². The molecule has 0 radical (unpaired) electrons. The van der Waals surface area contributed by atoms with Gasteiger partial charge in [0.25, 0.3) is 5.91 Å². The van der Waals surface area contributed by atoms with Crippen LogP contribution in [0, 0.1) is 5.41 Å². The van der Waals surface area contributed by atoms with Crippen LogP contribution < -0.4 is 15.1 Å². The molecule has 3 heterocycles. The number of aromatic nitrogens is 2. The molecule has 0 aliphatic carbocycles. The number of hydrogen-bond donors (Lipinski definition) is 2. The second-order valence-electron chi connectivity index (χ2n) is 7.84. The summed E-state index contributed by atoms with van der Waals surface area (Å²) in [7, 11) is -0.179. The number of carbonyl (C=O) groups is 1. The molecule has 1 aliphatic heterocycles. The highest BCUT2D eigenvalue weighted by Crippen LogP contribution is 2.46. The molecule has 29 heavy (non-hydrogen) atoms. The maximum Gasteiger partial charge on any atom is 0.270 e. The number of pyridine rings is 1. The van der Waals surface area contributed by atoms with Crippen molar-refractivity contribution in [2.24, 2.45) is 7.05 Å². The molecule has 9 heteroatoms. The number of aryl methyl sites for hydroxylation is 1. The van der Waals surface area contributed by atoms with Gasteiger partial charge in [0, 0.05) is 49.3 Å². The minimum atomic E-state index is -3.54. The molecule has 2 N–H and O–H groups in total. The third kappa shape index (κ3) is 2.84. The van der Waals surface area contributed by atoms with Crippen LogP contribution in [-0.4, -0.2) is 42.8 Å². The zero-order valence-corrected chi connectivity index (χ0v) is 17.6. The first-order chi connectivity index (χ1) is 13.4. The van der Waals surface area contributed by atoms with E-state index >= 15 is 0 Å². The first-order valence-electron chi connectivity index (χ1n) is 8.99. The van der Waals surface area contributed by atoms with Crippen molar-refractivity contribution in [3.8, 4) is 16.9 Å². The van der Waals surface area contributed by atoms with E-state index in [-0.39, 0.29) is 10.8 Å². The average Bonchev–Trinajstić information content (AvgIpc) is 3.11. The van der Waals surface area contributed by atoms with Crippen molar-refractivity contribution in [3.05, 3.63) is 36.1 Å². The van der Waals surface area contributed by atoms with Gasteiger partial charge in [-0.25, -0.2) is 8.42 Å². The second kappa shape index (κ2) is 5.96. The number of nitrogens with one attached hydrogen (secondary N) is 2. The summed E-state index contributed by atoms with van der Waals surface area (Å²) in [6.45, 7) is 3.36. The Morgan fingerprint density at radius 2 is 1.86 bits per heavy atom. The van der Waals surface area contributed by atoms with Crippen LogP contribution in [0.4, 0.5) is 5.69 Å². The predicted octanol–water partition coefficient (Wildman–Crippen LogP) is 2.19. The number of likely N-dealkylation sites (N-methyl/N-ethyl adjacent to an activating group) is 1. The molecule has 1 amide bonds. The number of ether oxygens (including phenoxy) is 1. The largest absolute Gasteiger partial charge is 0.475 e. The molecule has 0 bridgehead atoms. The summed E-state index contributed by atoms with van der Waals surface area (Å²) in [6.07, 6.45) is 4.64. The van der Waals surface area contributed by atoms with E-state index in [4.69, 9.17) is 10.1 Å². The Morgan fingerprint density at radius 1 is 1.17 bits per heavy atom. The number of benzene rings is 1. The molecular formula is C20H22N4O4S. The summed E-state index contributed by atoms with van der Waals surface area (Å²) in [5, 5.41) is 9.03. The number of sulfone groups is 1. The lowest BCUT2D eigenvalue weighted by Gasteiger charge is -2.38. The van der Waals surface area contributed by atoms with Gasteiger partial charge in [-0.1, -0.05) is 0 Å². The van der Waals surface area contributed by atoms with Crippen molar-refractivity contribution in [2.75, 3.05) is 18.2 Å². The lowest BCUT2D eigenvalue weighted by molar-refractivity contribution is -0.132. The molecule has 4 rings (SSSR count). The molecule has 0 spiro atoms. The average molecular weight is 414 g/mol. The van der Waals surface area contributed by atoms with Gasteiger partial charge in [0.15, 0.2) is 21.2 Å². The summed E-state index contributed by atoms with van der Waals surface area (Å²) >= 11 is 0. The lowest BCUT2D eigenvalue weighted by Crippen LogP contribution is -2.51. The van der Waals surface area contributed by atoms with E-state index in [1.807, 2.05) is 6.07 Å². The van der Waals surface area contributed by atoms with Crippen LogP contribution in [0.15, 0.2) is 35.5 Å². The van der Waals surface area contributed by atoms with Crippen LogP contribution >= 0.6 is 0 Å². The zero-order valence-electron chi connectivity index (χ0n) is 16.8. The van der Waals surface area contributed by atoms with Crippen molar-refractivity contribution in [3.63, 3.8) is 0 Å². The number of aromatic amines is 1. The van der Waals surface area contributed by atoms with E-state index in [1.165, 1.54) is 11.0 Å². The van der Waals surface area contributed by atoms with Crippen LogP contribution in [0.2, 0.25) is 0 Å². The molecule has 1 aromatic carbocycles. The minimum absolute atomic E-state index is 0.0931. The molecule has 0 saturated heterocycles. The molecule has 0 saturated carbocycles. The molecule has 0 atom stereocenters. The van der Waals surface area contributed by atoms with Gasteiger partial charge in [-0.15, -0.1) is 0 Å². The van der Waals surface area contributed by atoms with E-state index in [2.05, 4.69) is 4.98 Å². The monoisotopic (exact) mass is 414 g/mol. The minimum Gasteiger partial charge on any atom is -0.475 e. The summed E-state index contributed by atoms with van der Waals surface area (Å²) in [5.74, 6) is 0.171. The Kier molecular flexibility index (Phi) is 3.96. The van der Waals surface area contributed by atoms with Gasteiger partial charge in [-0.3, -0.25) is 10.2 Å². The Bertz CT molecular complexity index is 1350. The highest BCUT2D eigenvalue weighted by Gasteiger charge is 2.41. The number of nitrogens with zero attached hydrogens (tertiary/aromatic N) is 2. The maximum atomic E-state index is 12.7. The van der Waals surface area contributed by atoms with Crippen molar-refractivity contribution < 1.29 is 17.9 Å². The van der Waals surface area contributed by atoms with Crippen LogP contribution in [0.5, 0.6) is 5.75 Å². The van der Waals surface area contributed by atoms with E-state index in [0.29, 0.717) is 33.6 Å². The van der Waals surface area contributed by atoms with E-state index in [1.54, 1.807) is 51.0 Å². The number of fused-ring (bicyclic) bond motifs is 2. The quantitative estimate of drug-likeness (QED) is 0.670. The zero-order chi connectivity index (χ0) is 21.3. The third-order valence-electron chi connectivity index (χ3n) is 5.25. The fourth-order valence-corrected chi connectivity index (χ4v) is 4.34. The predicted molar refractivity (Wildman–Crippen MR) is 110 cm³/mol. The SMILES string of the molecule is CN1C(=O)C(C)(C)Oc2c(-c3cn(C)c(=N)c4[nH]ccc34)cc(S(C)(=O)=O)cc21. The molecule has 152 valence electrons. The van der Waals surface area contributed by atoms with Gasteiger partial charge >= 0.3 is 0 Å². The van der Waals surface area contributed by atoms with Gasteiger partial charge in [0.1, 0.15) is 5.49 Å². The van der Waals surface area contributed by atoms with E-state index in [9.17, 15) is 13.2 Å². The molecule has 1 aliphatic rings. The van der Waals surface area contributed by atoms with Crippen molar-refractivity contribution in [2.45, 2.75) is 24.3 Å². The maximum absolute atomic E-state index is 12.7. The second-order valence-corrected chi connectivity index (χ2v) is 9.85. The first kappa shape index (κ1) is 19.3. The number of anilines is 1. The molecule has 8 nitrogen and oxygen atoms in total. The Balaban J connectivity index is 2.15. The fourth-order valence-electron chi connectivity index (χ4n) is 3.68. The van der Waals surface area contributed by atoms with Crippen molar-refractivity contribution >= 4 is 32.3 Å². The fraction of sp³-hybridized carbons (Fsp3) is 0.300. The van der Waals surface area contributed by atoms with Gasteiger partial charge < -0.3 is 19.2 Å². The smallest absolute Gasteiger partial charge is 0.270 e. The number of amides is 1. The van der Waals surface area contributed by atoms with Crippen LogP contribution in [0.3, 0.4) is 0 Å². The Morgan fingerprint density at radius 3 is 2.52 bits per heavy atom. The number of hydrogen-bond acceptors (Lipinski definition) is 5. The summed E-state index contributed by atoms with van der Waals surface area (Å²) in [4.78, 5) is 17.3. The topological polar surface area (TPSA) is 108 Å². The lowest BCUT2D eigenvalue weighted by atomic mass is 9.98. The molecule has 3 aromatic rings. The van der Waals surface area contributed by atoms with E-state index < -0.39 is 15.4 Å². The van der Waals surface area contributed by atoms with Crippen LogP contribution in [0.1, 0.15) is 13.8 Å². The standard InChI is InChI=1S/C20H22N4O4S/c1-20(2)19(25)24(4)15-9-11(29(5,26)27)8-13(17(15)28-20)14-10-23(3)18(21)16-12(14)6-7-22-16/h6-10,21-22H,1-5H3. The number of carbonyl (C=O) groups excluding carboxylic acids is 1. The highest BCUT2D eigenvalue weighted by atomic mass is 32.2. The number of H-pyrrole nitrogens is 1. The van der Waals surface area contributed by atoms with Gasteiger partial charge in [0.05, 0.1) is 16.1 Å². The van der Waals surface area contributed by atoms with Gasteiger partial charge in [-0.05, 0) is 32.0 Å². The summed E-state index contributed by atoms with van der Waals surface area (Å²) in [6, 6.07) is 4.87. The first-order valence-corrected chi connectivity index (χ1v) is 10.9. The van der Waals surface area contributed by atoms with Crippen molar-refractivity contribution in [1.82, 2.24) is 9.55 Å². The molecule has 0 fully saturated rings. The Hall–Kier alpha value is -3.07. The molecule has 0 unspecified atom stereocenters. The third-order valence-corrected chi connectivity index (χ3v) is 6.34. The molecular weight excluding hydrogens is 392 g/mol. The molecule has 2 aromatic heterocycles. The summed E-state index contributed by atoms with van der Waals surface area (Å²) in [5.41, 5.74) is 1.49. The van der Waals surface area contributed by atoms with Gasteiger partial charge in [-0.2, -0.15) is 0 Å². The van der Waals surface area contributed by atoms with E-state index in [0.717, 1.165) is 11.6 Å². The normalized spacial score (nSPS) is 16.0. The van der Waals surface area contributed by atoms with Crippen LogP contribution in [0.25, 0.3) is 22.0 Å². The summed E-state index contributed by atoms with van der Waals surface area (Å²) < 4.78 is 32.5. The Labute approximate surface area is 168 Å².